The lowest BCUT2D eigenvalue weighted by molar-refractivity contribution is -0.125. The van der Waals surface area contributed by atoms with Gasteiger partial charge in [-0.1, -0.05) is 12.8 Å². The monoisotopic (exact) mass is 559 g/mol. The van der Waals surface area contributed by atoms with E-state index in [4.69, 9.17) is 4.98 Å². The highest BCUT2D eigenvalue weighted by Gasteiger charge is 2.30. The van der Waals surface area contributed by atoms with Gasteiger partial charge in [-0.2, -0.15) is 10.1 Å². The lowest BCUT2D eigenvalue weighted by Gasteiger charge is -2.17. The molecular formula is C28H33N9O2S. The molecule has 1 aliphatic heterocycles. The van der Waals surface area contributed by atoms with E-state index in [1.54, 1.807) is 0 Å². The molecule has 0 radical (unpaired) electrons. The highest BCUT2D eigenvalue weighted by molar-refractivity contribution is 7.99. The maximum atomic E-state index is 12.7. The van der Waals surface area contributed by atoms with Crippen molar-refractivity contribution in [3.05, 3.63) is 54.4 Å². The molecule has 1 atom stereocenters. The minimum absolute atomic E-state index is 0.0305. The quantitative estimate of drug-likeness (QED) is 0.242. The highest BCUT2D eigenvalue weighted by atomic mass is 32.2. The number of likely N-dealkylation sites (tertiary alicyclic amines) is 1. The number of nitrogens with one attached hydrogen (secondary N) is 4. The summed E-state index contributed by atoms with van der Waals surface area (Å²) in [5.74, 6) is 1.33. The van der Waals surface area contributed by atoms with Crippen molar-refractivity contribution in [2.45, 2.75) is 55.1 Å². The first-order valence-corrected chi connectivity index (χ1v) is 14.5. The van der Waals surface area contributed by atoms with Gasteiger partial charge in [0, 0.05) is 41.1 Å². The van der Waals surface area contributed by atoms with Gasteiger partial charge in [-0.05, 0) is 80.9 Å². The van der Waals surface area contributed by atoms with Crippen LogP contribution in [0.2, 0.25) is 0 Å². The molecule has 2 fully saturated rings. The first kappa shape index (κ1) is 26.3. The van der Waals surface area contributed by atoms with Crippen molar-refractivity contribution in [3.63, 3.8) is 0 Å². The summed E-state index contributed by atoms with van der Waals surface area (Å²) in [6, 6.07) is 13.7. The van der Waals surface area contributed by atoms with Crippen LogP contribution in [0.5, 0.6) is 0 Å². The number of hydrogen-bond donors (Lipinski definition) is 4. The van der Waals surface area contributed by atoms with Gasteiger partial charge in [-0.3, -0.25) is 24.0 Å². The van der Waals surface area contributed by atoms with Gasteiger partial charge in [0.25, 0.3) is 0 Å². The van der Waals surface area contributed by atoms with E-state index in [9.17, 15) is 9.59 Å². The normalized spacial score (nSPS) is 17.9. The maximum absolute atomic E-state index is 12.7. The molecule has 0 spiro atoms. The van der Waals surface area contributed by atoms with Crippen molar-refractivity contribution in [1.82, 2.24) is 34.8 Å². The van der Waals surface area contributed by atoms with Crippen LogP contribution in [-0.4, -0.2) is 67.0 Å². The van der Waals surface area contributed by atoms with Gasteiger partial charge in [0.2, 0.25) is 17.8 Å². The van der Waals surface area contributed by atoms with E-state index in [1.165, 1.54) is 24.6 Å². The Kier molecular flexibility index (Phi) is 7.69. The second-order valence-corrected chi connectivity index (χ2v) is 11.6. The summed E-state index contributed by atoms with van der Waals surface area (Å²) in [5, 5.41) is 17.2. The first-order valence-electron chi connectivity index (χ1n) is 13.7. The minimum atomic E-state index is -0.0800. The molecule has 1 aromatic carbocycles. The number of fused-ring (bicyclic) bond motifs is 1. The number of amides is 2. The van der Waals surface area contributed by atoms with Crippen LogP contribution in [0.1, 0.15) is 37.8 Å². The van der Waals surface area contributed by atoms with Crippen LogP contribution in [0.4, 0.5) is 17.5 Å². The molecule has 11 nitrogen and oxygen atoms in total. The van der Waals surface area contributed by atoms with Crippen molar-refractivity contribution >= 4 is 46.7 Å². The fourth-order valence-electron chi connectivity index (χ4n) is 5.33. The first-order chi connectivity index (χ1) is 19.5. The van der Waals surface area contributed by atoms with Crippen LogP contribution in [0.3, 0.4) is 0 Å². The third-order valence-corrected chi connectivity index (χ3v) is 8.25. The maximum Gasteiger partial charge on any atom is 0.238 e. The molecule has 4 heterocycles. The Morgan fingerprint density at radius 3 is 2.70 bits per heavy atom. The molecule has 40 heavy (non-hydrogen) atoms. The topological polar surface area (TPSA) is 132 Å². The van der Waals surface area contributed by atoms with Crippen LogP contribution in [0.25, 0.3) is 5.65 Å². The summed E-state index contributed by atoms with van der Waals surface area (Å²) in [7, 11) is 0. The highest BCUT2D eigenvalue weighted by Crippen LogP contribution is 2.28. The Morgan fingerprint density at radius 2 is 1.93 bits per heavy atom. The average molecular weight is 560 g/mol. The van der Waals surface area contributed by atoms with Gasteiger partial charge in [0.05, 0.1) is 12.5 Å². The summed E-state index contributed by atoms with van der Waals surface area (Å²) in [4.78, 5) is 37.6. The average Bonchev–Trinajstić information content (AvgIpc) is 3.74. The van der Waals surface area contributed by atoms with E-state index in [0.717, 1.165) is 47.7 Å². The van der Waals surface area contributed by atoms with E-state index in [0.29, 0.717) is 29.5 Å². The molecule has 4 aromatic rings. The van der Waals surface area contributed by atoms with Gasteiger partial charge in [0.1, 0.15) is 5.65 Å². The lowest BCUT2D eigenvalue weighted by atomic mass is 10.1. The standard InChI is InChI=1S/C28H33N9O2S/c1-18-15-23(35-34-18)31-27-33-28(32-24-7-4-13-37(24)27)40-22-10-8-21(9-11-22)29-25(38)17-36-14-12-19(16-36)26(39)30-20-5-2-3-6-20/h4,7-11,13,15,19-20H,2-3,5-6,12,14,16-17H2,1H3,(H,29,38)(H,30,39)(H2,31,32,33,34,35)/t19-/m0/s1. The molecule has 0 unspecified atom stereocenters. The number of anilines is 3. The zero-order valence-corrected chi connectivity index (χ0v) is 23.2. The van der Waals surface area contributed by atoms with Crippen LogP contribution < -0.4 is 16.0 Å². The summed E-state index contributed by atoms with van der Waals surface area (Å²) in [5.41, 5.74) is 2.45. The number of H-pyrrole nitrogens is 1. The number of nitrogens with zero attached hydrogens (tertiary/aromatic N) is 5. The number of carbonyl (C=O) groups excluding carboxylic acids is 2. The van der Waals surface area contributed by atoms with Crippen molar-refractivity contribution in [1.29, 1.82) is 0 Å². The van der Waals surface area contributed by atoms with Crippen molar-refractivity contribution in [3.8, 4) is 0 Å². The van der Waals surface area contributed by atoms with E-state index < -0.39 is 0 Å². The minimum Gasteiger partial charge on any atom is -0.353 e. The molecule has 4 N–H and O–H groups in total. The Labute approximate surface area is 236 Å². The lowest BCUT2D eigenvalue weighted by Crippen LogP contribution is -2.39. The van der Waals surface area contributed by atoms with Gasteiger partial charge >= 0.3 is 0 Å². The number of aromatic nitrogens is 5. The number of aromatic amines is 1. The van der Waals surface area contributed by atoms with E-state index >= 15 is 0 Å². The predicted molar refractivity (Wildman–Crippen MR) is 154 cm³/mol. The van der Waals surface area contributed by atoms with E-state index in [2.05, 4.69) is 36.0 Å². The Bertz CT molecular complexity index is 1490. The number of carbonyl (C=O) groups is 2. The molecule has 6 rings (SSSR count). The third kappa shape index (κ3) is 6.28. The fourth-order valence-corrected chi connectivity index (χ4v) is 6.09. The second-order valence-electron chi connectivity index (χ2n) is 10.5. The fraction of sp³-hybridized carbons (Fsp3) is 0.393. The van der Waals surface area contributed by atoms with Gasteiger partial charge in [0.15, 0.2) is 11.0 Å². The molecule has 1 aliphatic carbocycles. The number of benzene rings is 1. The molecule has 2 aliphatic rings. The van der Waals surface area contributed by atoms with Crippen LogP contribution in [0.15, 0.2) is 58.7 Å². The Morgan fingerprint density at radius 1 is 1.10 bits per heavy atom. The molecule has 3 aromatic heterocycles. The smallest absolute Gasteiger partial charge is 0.238 e. The molecule has 1 saturated heterocycles. The molecule has 0 bridgehead atoms. The molecule has 12 heteroatoms. The molecular weight excluding hydrogens is 526 g/mol. The Hall–Kier alpha value is -3.90. The summed E-state index contributed by atoms with van der Waals surface area (Å²) < 4.78 is 1.87. The third-order valence-electron chi connectivity index (χ3n) is 7.37. The number of aryl methyl sites for hydroxylation is 1. The van der Waals surface area contributed by atoms with Crippen LogP contribution in [0, 0.1) is 12.8 Å². The molecule has 208 valence electrons. The molecule has 2 amide bonds. The number of hydrogen-bond acceptors (Lipinski definition) is 8. The van der Waals surface area contributed by atoms with Crippen molar-refractivity contribution < 1.29 is 9.59 Å². The van der Waals surface area contributed by atoms with E-state index in [1.807, 2.05) is 60.0 Å². The summed E-state index contributed by atoms with van der Waals surface area (Å²) in [6.45, 7) is 3.61. The van der Waals surface area contributed by atoms with Crippen LogP contribution in [-0.2, 0) is 9.59 Å². The predicted octanol–water partition coefficient (Wildman–Crippen LogP) is 3.97. The van der Waals surface area contributed by atoms with Crippen molar-refractivity contribution in [2.75, 3.05) is 30.3 Å². The number of rotatable bonds is 9. The Balaban J connectivity index is 1.02. The van der Waals surface area contributed by atoms with Gasteiger partial charge in [-0.25, -0.2) is 4.98 Å². The SMILES string of the molecule is Cc1cc(Nc2nc(Sc3ccc(NC(=O)CN4CC[C@H](C(=O)NC5CCCC5)C4)cc3)nc3cccn23)n[nH]1. The zero-order valence-electron chi connectivity index (χ0n) is 22.4. The van der Waals surface area contributed by atoms with Gasteiger partial charge < -0.3 is 16.0 Å². The largest absolute Gasteiger partial charge is 0.353 e. The van der Waals surface area contributed by atoms with Gasteiger partial charge in [-0.15, -0.1) is 0 Å². The zero-order chi connectivity index (χ0) is 27.5. The van der Waals surface area contributed by atoms with Crippen molar-refractivity contribution in [2.24, 2.45) is 5.92 Å². The van der Waals surface area contributed by atoms with Crippen LogP contribution >= 0.6 is 11.8 Å². The molecule has 1 saturated carbocycles. The summed E-state index contributed by atoms with van der Waals surface area (Å²) >= 11 is 1.44. The van der Waals surface area contributed by atoms with E-state index in [-0.39, 0.29) is 24.3 Å². The second kappa shape index (κ2) is 11.7. The summed E-state index contributed by atoms with van der Waals surface area (Å²) in [6.07, 6.45) is 7.26.